The van der Waals surface area contributed by atoms with E-state index in [9.17, 15) is 14.0 Å². The Bertz CT molecular complexity index is 1270. The van der Waals surface area contributed by atoms with Gasteiger partial charge in [-0.25, -0.2) is 13.9 Å². The first kappa shape index (κ1) is 24.1. The highest BCUT2D eigenvalue weighted by Crippen LogP contribution is 2.28. The number of halogens is 1. The van der Waals surface area contributed by atoms with Gasteiger partial charge in [-0.05, 0) is 87.1 Å². The molecule has 0 bridgehead atoms. The first-order chi connectivity index (χ1) is 16.9. The van der Waals surface area contributed by atoms with Crippen LogP contribution in [0.15, 0.2) is 42.5 Å². The van der Waals surface area contributed by atoms with Crippen molar-refractivity contribution in [3.05, 3.63) is 76.4 Å². The molecule has 1 aliphatic rings. The molecule has 0 N–H and O–H groups in total. The fourth-order valence-corrected chi connectivity index (χ4v) is 4.50. The normalized spacial score (nSPS) is 12.5. The number of aryl methyl sites for hydroxylation is 2. The predicted octanol–water partition coefficient (Wildman–Crippen LogP) is 4.61. The van der Waals surface area contributed by atoms with Crippen LogP contribution in [0.1, 0.15) is 52.1 Å². The Labute approximate surface area is 203 Å². The molecule has 0 atom stereocenters. The molecular weight excluding hydrogens is 447 g/mol. The molecule has 1 aromatic heterocycles. The summed E-state index contributed by atoms with van der Waals surface area (Å²) in [6.07, 6.45) is 3.49. The van der Waals surface area contributed by atoms with E-state index < -0.39 is 18.5 Å². The second-order valence-corrected chi connectivity index (χ2v) is 8.74. The molecule has 4 rings (SSSR count). The average molecular weight is 475 g/mol. The van der Waals surface area contributed by atoms with Crippen molar-refractivity contribution >= 4 is 17.6 Å². The molecule has 7 nitrogen and oxygen atoms in total. The van der Waals surface area contributed by atoms with Crippen LogP contribution in [0.4, 0.5) is 10.1 Å². The third-order valence-electron chi connectivity index (χ3n) is 6.04. The Hall–Kier alpha value is -3.99. The number of nitrogens with zero attached hydrogens (tertiary/aromatic N) is 4. The predicted molar refractivity (Wildman–Crippen MR) is 129 cm³/mol. The molecular formula is C27H27FN4O3. The largest absolute Gasteiger partial charge is 0.451 e. The van der Waals surface area contributed by atoms with Crippen LogP contribution in [0.2, 0.25) is 0 Å². The molecule has 0 aliphatic heterocycles. The quantitative estimate of drug-likeness (QED) is 0.467. The minimum Gasteiger partial charge on any atom is -0.451 e. The van der Waals surface area contributed by atoms with Gasteiger partial charge in [0.25, 0.3) is 5.91 Å². The van der Waals surface area contributed by atoms with E-state index in [4.69, 9.17) is 10.00 Å². The molecule has 2 aromatic carbocycles. The van der Waals surface area contributed by atoms with Gasteiger partial charge >= 0.3 is 5.97 Å². The van der Waals surface area contributed by atoms with Crippen LogP contribution in [0.3, 0.4) is 0 Å². The second kappa shape index (κ2) is 10.5. The molecule has 0 saturated carbocycles. The smallest absolute Gasteiger partial charge is 0.359 e. The average Bonchev–Trinajstić information content (AvgIpc) is 3.22. The number of esters is 1. The number of carbonyl (C=O) groups is 2. The van der Waals surface area contributed by atoms with Gasteiger partial charge in [-0.2, -0.15) is 10.4 Å². The van der Waals surface area contributed by atoms with Gasteiger partial charge in [-0.3, -0.25) is 4.79 Å². The van der Waals surface area contributed by atoms with Gasteiger partial charge in [0.15, 0.2) is 12.3 Å². The zero-order chi connectivity index (χ0) is 24.9. The highest BCUT2D eigenvalue weighted by atomic mass is 19.1. The fourth-order valence-electron chi connectivity index (χ4n) is 4.50. The van der Waals surface area contributed by atoms with E-state index in [0.717, 1.165) is 41.6 Å². The number of aromatic nitrogens is 2. The van der Waals surface area contributed by atoms with Crippen LogP contribution in [0.25, 0.3) is 5.69 Å². The first-order valence-corrected chi connectivity index (χ1v) is 11.7. The summed E-state index contributed by atoms with van der Waals surface area (Å²) in [7, 11) is 0. The van der Waals surface area contributed by atoms with E-state index >= 15 is 0 Å². The standard InChI is InChI=1S/C27H27FN4O3/c1-18-14-19(2)16-22(15-18)31(13-5-12-29)25(33)17-35-27(34)26-23-6-3-4-7-24(23)32(30-26)21-10-8-20(28)9-11-21/h8-11,14-16H,3-7,13,17H2,1-2H3. The highest BCUT2D eigenvalue weighted by molar-refractivity contribution is 5.97. The maximum absolute atomic E-state index is 13.4. The number of anilines is 1. The van der Waals surface area contributed by atoms with E-state index in [2.05, 4.69) is 11.2 Å². The molecule has 0 spiro atoms. The summed E-state index contributed by atoms with van der Waals surface area (Å²) in [5.41, 5.74) is 5.22. The summed E-state index contributed by atoms with van der Waals surface area (Å²) in [6, 6.07) is 13.7. The summed E-state index contributed by atoms with van der Waals surface area (Å²) >= 11 is 0. The number of fused-ring (bicyclic) bond motifs is 1. The van der Waals surface area contributed by atoms with Crippen molar-refractivity contribution < 1.29 is 18.7 Å². The van der Waals surface area contributed by atoms with E-state index in [1.165, 1.54) is 17.0 Å². The fraction of sp³-hybridized carbons (Fsp3) is 0.333. The number of hydrogen-bond donors (Lipinski definition) is 0. The van der Waals surface area contributed by atoms with Crippen LogP contribution in [0, 0.1) is 31.0 Å². The third kappa shape index (κ3) is 5.40. The van der Waals surface area contributed by atoms with Crippen molar-refractivity contribution in [2.45, 2.75) is 46.0 Å². The zero-order valence-electron chi connectivity index (χ0n) is 19.9. The highest BCUT2D eigenvalue weighted by Gasteiger charge is 2.27. The lowest BCUT2D eigenvalue weighted by Gasteiger charge is -2.22. The molecule has 1 aliphatic carbocycles. The van der Waals surface area contributed by atoms with Crippen molar-refractivity contribution in [2.75, 3.05) is 18.1 Å². The maximum Gasteiger partial charge on any atom is 0.359 e. The molecule has 180 valence electrons. The first-order valence-electron chi connectivity index (χ1n) is 11.7. The number of amides is 1. The molecule has 0 radical (unpaired) electrons. The SMILES string of the molecule is Cc1cc(C)cc(N(CCC#N)C(=O)COC(=O)c2nn(-c3ccc(F)cc3)c3c2CCCC3)c1. The van der Waals surface area contributed by atoms with Crippen molar-refractivity contribution in [3.63, 3.8) is 0 Å². The topological polar surface area (TPSA) is 88.2 Å². The van der Waals surface area contributed by atoms with Gasteiger partial charge in [0.05, 0.1) is 18.2 Å². The summed E-state index contributed by atoms with van der Waals surface area (Å²) in [4.78, 5) is 27.5. The Morgan fingerprint density at radius 3 is 2.49 bits per heavy atom. The number of rotatable bonds is 7. The summed E-state index contributed by atoms with van der Waals surface area (Å²) in [5, 5.41) is 13.5. The zero-order valence-corrected chi connectivity index (χ0v) is 19.9. The van der Waals surface area contributed by atoms with Crippen LogP contribution >= 0.6 is 0 Å². The Kier molecular flexibility index (Phi) is 7.25. The third-order valence-corrected chi connectivity index (χ3v) is 6.04. The minimum atomic E-state index is -0.669. The Morgan fingerprint density at radius 2 is 1.80 bits per heavy atom. The van der Waals surface area contributed by atoms with E-state index in [-0.39, 0.29) is 24.5 Å². The van der Waals surface area contributed by atoms with Crippen molar-refractivity contribution in [1.29, 1.82) is 5.26 Å². The number of carbonyl (C=O) groups excluding carboxylic acids is 2. The number of hydrogen-bond acceptors (Lipinski definition) is 5. The molecule has 0 fully saturated rings. The molecule has 1 heterocycles. The lowest BCUT2D eigenvalue weighted by atomic mass is 9.95. The molecule has 1 amide bonds. The van der Waals surface area contributed by atoms with Gasteiger partial charge in [0.2, 0.25) is 0 Å². The number of nitriles is 1. The Balaban J connectivity index is 1.54. The van der Waals surface area contributed by atoms with E-state index in [1.807, 2.05) is 32.0 Å². The minimum absolute atomic E-state index is 0.155. The van der Waals surface area contributed by atoms with E-state index in [1.54, 1.807) is 16.8 Å². The maximum atomic E-state index is 13.4. The van der Waals surface area contributed by atoms with Gasteiger partial charge in [0, 0.05) is 23.5 Å². The summed E-state index contributed by atoms with van der Waals surface area (Å²) < 4.78 is 20.5. The van der Waals surface area contributed by atoms with Crippen LogP contribution in [-0.4, -0.2) is 34.8 Å². The second-order valence-electron chi connectivity index (χ2n) is 8.74. The van der Waals surface area contributed by atoms with Gasteiger partial charge in [-0.15, -0.1) is 0 Å². The van der Waals surface area contributed by atoms with E-state index in [0.29, 0.717) is 17.8 Å². The summed E-state index contributed by atoms with van der Waals surface area (Å²) in [5.74, 6) is -1.43. The molecule has 8 heteroatoms. The van der Waals surface area contributed by atoms with Crippen LogP contribution < -0.4 is 4.90 Å². The van der Waals surface area contributed by atoms with Crippen LogP contribution in [0.5, 0.6) is 0 Å². The molecule has 0 saturated heterocycles. The van der Waals surface area contributed by atoms with Gasteiger partial charge < -0.3 is 9.64 Å². The Morgan fingerprint density at radius 1 is 1.11 bits per heavy atom. The lowest BCUT2D eigenvalue weighted by molar-refractivity contribution is -0.121. The number of ether oxygens (including phenoxy) is 1. The monoisotopic (exact) mass is 474 g/mol. The van der Waals surface area contributed by atoms with Crippen LogP contribution in [-0.2, 0) is 22.4 Å². The molecule has 3 aromatic rings. The molecule has 35 heavy (non-hydrogen) atoms. The summed E-state index contributed by atoms with van der Waals surface area (Å²) in [6.45, 7) is 3.61. The van der Waals surface area contributed by atoms with Gasteiger partial charge in [0.1, 0.15) is 5.82 Å². The lowest BCUT2D eigenvalue weighted by Crippen LogP contribution is -2.35. The van der Waals surface area contributed by atoms with Gasteiger partial charge in [-0.1, -0.05) is 6.07 Å². The van der Waals surface area contributed by atoms with Crippen molar-refractivity contribution in [3.8, 4) is 11.8 Å². The number of benzene rings is 2. The molecule has 0 unspecified atom stereocenters. The van der Waals surface area contributed by atoms with Crippen molar-refractivity contribution in [2.24, 2.45) is 0 Å². The van der Waals surface area contributed by atoms with Crippen molar-refractivity contribution in [1.82, 2.24) is 9.78 Å².